The number of likely N-dealkylation sites (tertiary alicyclic amines) is 1. The number of aliphatic hydroxyl groups excluding tert-OH is 1. The molecular weight excluding hydrogens is 426 g/mol. The van der Waals surface area contributed by atoms with Crippen LogP contribution >= 0.6 is 0 Å². The van der Waals surface area contributed by atoms with Crippen LogP contribution in [0, 0.1) is 0 Å². The molecule has 0 aliphatic carbocycles. The van der Waals surface area contributed by atoms with Gasteiger partial charge in [0.15, 0.2) is 0 Å². The number of hydrogen-bond acceptors (Lipinski definition) is 7. The SMILES string of the molecule is COc1ccc(CNC(=O)C[C@@H]2C[C@H]3O[C@H](CNC4CCN(C(C)=O)CC4)[C@@H](O)[C@H]3O2)cc1. The van der Waals surface area contributed by atoms with E-state index >= 15 is 0 Å². The summed E-state index contributed by atoms with van der Waals surface area (Å²) in [5.41, 5.74) is 0.995. The van der Waals surface area contributed by atoms with Gasteiger partial charge < -0.3 is 34.9 Å². The van der Waals surface area contributed by atoms with Gasteiger partial charge in [0.25, 0.3) is 0 Å². The smallest absolute Gasteiger partial charge is 0.222 e. The normalized spacial score (nSPS) is 29.7. The van der Waals surface area contributed by atoms with Crippen LogP contribution in [0.2, 0.25) is 0 Å². The van der Waals surface area contributed by atoms with E-state index in [9.17, 15) is 14.7 Å². The molecule has 182 valence electrons. The number of carbonyl (C=O) groups excluding carboxylic acids is 2. The number of nitrogens with zero attached hydrogens (tertiary/aromatic N) is 1. The fraction of sp³-hybridized carbons (Fsp3) is 0.667. The summed E-state index contributed by atoms with van der Waals surface area (Å²) in [6.07, 6.45) is 0.778. The van der Waals surface area contributed by atoms with Crippen LogP contribution < -0.4 is 15.4 Å². The molecule has 3 fully saturated rings. The Labute approximate surface area is 194 Å². The third kappa shape index (κ3) is 6.03. The molecule has 2 amide bonds. The van der Waals surface area contributed by atoms with Crippen molar-refractivity contribution >= 4 is 11.8 Å². The minimum absolute atomic E-state index is 0.0830. The van der Waals surface area contributed by atoms with Gasteiger partial charge in [-0.25, -0.2) is 0 Å². The quantitative estimate of drug-likeness (QED) is 0.520. The standard InChI is InChI=1S/C24H35N3O6/c1-15(28)27-9-7-17(8-10-27)25-14-21-23(30)24-20(33-21)11-19(32-24)12-22(29)26-13-16-3-5-18(31-2)6-4-16/h3-6,17,19-21,23-25,30H,7-14H2,1-2H3,(H,26,29)/t19-,20+,21+,23+,24-/m0/s1. The molecule has 5 atom stereocenters. The van der Waals surface area contributed by atoms with Gasteiger partial charge in [-0.2, -0.15) is 0 Å². The van der Waals surface area contributed by atoms with Crippen molar-refractivity contribution in [3.8, 4) is 5.75 Å². The Kier molecular flexibility index (Phi) is 7.85. The van der Waals surface area contributed by atoms with E-state index in [0.717, 1.165) is 37.2 Å². The summed E-state index contributed by atoms with van der Waals surface area (Å²) in [5.74, 6) is 0.818. The van der Waals surface area contributed by atoms with Crippen LogP contribution in [0.25, 0.3) is 0 Å². The van der Waals surface area contributed by atoms with E-state index in [4.69, 9.17) is 14.2 Å². The van der Waals surface area contributed by atoms with Gasteiger partial charge in [-0.15, -0.1) is 0 Å². The molecule has 3 aliphatic heterocycles. The van der Waals surface area contributed by atoms with Crippen LogP contribution in [-0.4, -0.2) is 85.1 Å². The van der Waals surface area contributed by atoms with Crippen molar-refractivity contribution in [3.05, 3.63) is 29.8 Å². The van der Waals surface area contributed by atoms with Crippen LogP contribution in [-0.2, 0) is 25.6 Å². The summed E-state index contributed by atoms with van der Waals surface area (Å²) < 4.78 is 17.2. The molecule has 0 radical (unpaired) electrons. The minimum atomic E-state index is -0.716. The lowest BCUT2D eigenvalue weighted by atomic mass is 10.0. The van der Waals surface area contributed by atoms with E-state index in [1.54, 1.807) is 14.0 Å². The number of hydrogen-bond donors (Lipinski definition) is 3. The molecule has 4 rings (SSSR count). The third-order valence-electron chi connectivity index (χ3n) is 6.89. The Hall–Kier alpha value is -2.20. The first-order chi connectivity index (χ1) is 15.9. The Bertz CT molecular complexity index is 811. The third-order valence-corrected chi connectivity index (χ3v) is 6.89. The first kappa shape index (κ1) is 23.9. The van der Waals surface area contributed by atoms with Gasteiger partial charge >= 0.3 is 0 Å². The lowest BCUT2D eigenvalue weighted by Crippen LogP contribution is -2.47. The maximum Gasteiger partial charge on any atom is 0.222 e. The van der Waals surface area contributed by atoms with Crippen LogP contribution in [0.15, 0.2) is 24.3 Å². The van der Waals surface area contributed by atoms with Gasteiger partial charge in [0.05, 0.1) is 31.8 Å². The van der Waals surface area contributed by atoms with Gasteiger partial charge in [-0.05, 0) is 30.5 Å². The van der Waals surface area contributed by atoms with E-state index in [1.807, 2.05) is 29.2 Å². The number of aliphatic hydroxyl groups is 1. The van der Waals surface area contributed by atoms with Crippen molar-refractivity contribution in [2.75, 3.05) is 26.7 Å². The Morgan fingerprint density at radius 1 is 1.18 bits per heavy atom. The van der Waals surface area contributed by atoms with E-state index in [2.05, 4.69) is 10.6 Å². The van der Waals surface area contributed by atoms with Gasteiger partial charge in [0.2, 0.25) is 11.8 Å². The molecule has 0 aromatic heterocycles. The average Bonchev–Trinajstić information content (AvgIpc) is 3.34. The van der Waals surface area contributed by atoms with Crippen LogP contribution in [0.4, 0.5) is 0 Å². The predicted molar refractivity (Wildman–Crippen MR) is 121 cm³/mol. The van der Waals surface area contributed by atoms with Crippen LogP contribution in [0.3, 0.4) is 0 Å². The maximum absolute atomic E-state index is 12.4. The second-order valence-corrected chi connectivity index (χ2v) is 9.18. The largest absolute Gasteiger partial charge is 0.497 e. The molecule has 3 saturated heterocycles. The predicted octanol–water partition coefficient (Wildman–Crippen LogP) is 0.588. The lowest BCUT2D eigenvalue weighted by molar-refractivity contribution is -0.130. The zero-order chi connectivity index (χ0) is 23.4. The van der Waals surface area contributed by atoms with Crippen LogP contribution in [0.5, 0.6) is 5.75 Å². The Morgan fingerprint density at radius 2 is 1.91 bits per heavy atom. The molecule has 3 N–H and O–H groups in total. The maximum atomic E-state index is 12.4. The van der Waals surface area contributed by atoms with Crippen molar-refractivity contribution in [1.82, 2.24) is 15.5 Å². The zero-order valence-electron chi connectivity index (χ0n) is 19.4. The highest BCUT2D eigenvalue weighted by Gasteiger charge is 2.50. The van der Waals surface area contributed by atoms with E-state index in [-0.39, 0.29) is 36.5 Å². The minimum Gasteiger partial charge on any atom is -0.497 e. The Morgan fingerprint density at radius 3 is 2.55 bits per heavy atom. The molecule has 0 bridgehead atoms. The number of benzene rings is 1. The second-order valence-electron chi connectivity index (χ2n) is 9.18. The summed E-state index contributed by atoms with van der Waals surface area (Å²) in [6, 6.07) is 7.88. The van der Waals surface area contributed by atoms with E-state index in [1.165, 1.54) is 0 Å². The first-order valence-electron chi connectivity index (χ1n) is 11.8. The van der Waals surface area contributed by atoms with Crippen molar-refractivity contribution in [2.45, 2.75) is 75.7 Å². The first-order valence-corrected chi connectivity index (χ1v) is 11.8. The molecular formula is C24H35N3O6. The fourth-order valence-corrected chi connectivity index (χ4v) is 4.91. The van der Waals surface area contributed by atoms with Gasteiger partial charge in [-0.3, -0.25) is 9.59 Å². The molecule has 9 nitrogen and oxygen atoms in total. The molecule has 9 heteroatoms. The topological polar surface area (TPSA) is 109 Å². The number of rotatable bonds is 8. The number of amides is 2. The number of carbonyl (C=O) groups is 2. The number of fused-ring (bicyclic) bond motifs is 1. The molecule has 0 unspecified atom stereocenters. The van der Waals surface area contributed by atoms with E-state index in [0.29, 0.717) is 25.6 Å². The van der Waals surface area contributed by atoms with Crippen molar-refractivity contribution < 1.29 is 28.9 Å². The molecule has 0 saturated carbocycles. The summed E-state index contributed by atoms with van der Waals surface area (Å²) in [7, 11) is 1.62. The van der Waals surface area contributed by atoms with Crippen LogP contribution in [0.1, 0.15) is 38.2 Å². The highest BCUT2D eigenvalue weighted by atomic mass is 16.6. The monoisotopic (exact) mass is 461 g/mol. The van der Waals surface area contributed by atoms with Gasteiger partial charge in [0.1, 0.15) is 18.0 Å². The summed E-state index contributed by atoms with van der Waals surface area (Å²) in [6.45, 7) is 4.12. The van der Waals surface area contributed by atoms with Crippen molar-refractivity contribution in [2.24, 2.45) is 0 Å². The molecule has 1 aromatic rings. The fourth-order valence-electron chi connectivity index (χ4n) is 4.91. The number of methoxy groups -OCH3 is 1. The highest BCUT2D eigenvalue weighted by molar-refractivity contribution is 5.76. The molecule has 3 heterocycles. The second kappa shape index (κ2) is 10.8. The average molecular weight is 462 g/mol. The summed E-state index contributed by atoms with van der Waals surface area (Å²) >= 11 is 0. The molecule has 1 aromatic carbocycles. The zero-order valence-corrected chi connectivity index (χ0v) is 19.4. The summed E-state index contributed by atoms with van der Waals surface area (Å²) in [4.78, 5) is 25.7. The van der Waals surface area contributed by atoms with E-state index < -0.39 is 12.2 Å². The molecule has 33 heavy (non-hydrogen) atoms. The molecule has 3 aliphatic rings. The number of ether oxygens (including phenoxy) is 3. The van der Waals surface area contributed by atoms with Gasteiger partial charge in [-0.1, -0.05) is 12.1 Å². The van der Waals surface area contributed by atoms with Crippen molar-refractivity contribution in [3.63, 3.8) is 0 Å². The highest BCUT2D eigenvalue weighted by Crippen LogP contribution is 2.35. The van der Waals surface area contributed by atoms with Gasteiger partial charge in [0, 0.05) is 45.6 Å². The lowest BCUT2D eigenvalue weighted by Gasteiger charge is -2.32. The van der Waals surface area contributed by atoms with Crippen molar-refractivity contribution in [1.29, 1.82) is 0 Å². The molecule has 0 spiro atoms. The number of nitrogens with one attached hydrogen (secondary N) is 2. The summed E-state index contributed by atoms with van der Waals surface area (Å²) in [5, 5.41) is 17.1. The Balaban J connectivity index is 1.15. The number of piperidine rings is 1.